The van der Waals surface area contributed by atoms with Gasteiger partial charge in [-0.05, 0) is 37.1 Å². The predicted molar refractivity (Wildman–Crippen MR) is 93.1 cm³/mol. The largest absolute Gasteiger partial charge is 0.465 e. The Hall–Kier alpha value is -3.09. The van der Waals surface area contributed by atoms with Gasteiger partial charge in [-0.1, -0.05) is 6.07 Å². The molecular formula is C17H19N5O2. The lowest BCUT2D eigenvalue weighted by molar-refractivity contribution is 0.0600. The summed E-state index contributed by atoms with van der Waals surface area (Å²) in [5.74, 6) is 0.236. The van der Waals surface area contributed by atoms with E-state index >= 15 is 0 Å². The summed E-state index contributed by atoms with van der Waals surface area (Å²) in [6.07, 6.45) is 3.10. The highest BCUT2D eigenvalue weighted by atomic mass is 16.5. The molecule has 0 amide bonds. The molecular weight excluding hydrogens is 306 g/mol. The summed E-state index contributed by atoms with van der Waals surface area (Å²) in [5, 5.41) is 10.6. The molecule has 0 saturated carbocycles. The fourth-order valence-electron chi connectivity index (χ4n) is 2.67. The molecule has 24 heavy (non-hydrogen) atoms. The molecule has 2 aromatic heterocycles. The zero-order valence-corrected chi connectivity index (χ0v) is 14.0. The zero-order valence-electron chi connectivity index (χ0n) is 14.0. The molecule has 0 aliphatic rings. The molecule has 3 aromatic rings. The molecule has 7 nitrogen and oxygen atoms in total. The van der Waals surface area contributed by atoms with Crippen molar-refractivity contribution in [2.45, 2.75) is 13.8 Å². The van der Waals surface area contributed by atoms with Crippen molar-refractivity contribution in [3.05, 3.63) is 47.4 Å². The molecule has 0 spiro atoms. The van der Waals surface area contributed by atoms with Gasteiger partial charge in [-0.25, -0.2) is 14.3 Å². The third kappa shape index (κ3) is 2.64. The maximum Gasteiger partial charge on any atom is 0.339 e. The second-order valence-corrected chi connectivity index (χ2v) is 5.47. The van der Waals surface area contributed by atoms with Gasteiger partial charge < -0.3 is 15.4 Å². The maximum atomic E-state index is 11.9. The van der Waals surface area contributed by atoms with E-state index in [1.807, 2.05) is 39.1 Å². The predicted octanol–water partition coefficient (Wildman–Crippen LogP) is 2.92. The Morgan fingerprint density at radius 3 is 2.79 bits per heavy atom. The number of hydrogen-bond donors (Lipinski definition) is 2. The van der Waals surface area contributed by atoms with Crippen molar-refractivity contribution in [1.29, 1.82) is 0 Å². The van der Waals surface area contributed by atoms with E-state index < -0.39 is 5.97 Å². The van der Waals surface area contributed by atoms with Crippen LogP contribution in [0.2, 0.25) is 0 Å². The van der Waals surface area contributed by atoms with Gasteiger partial charge in [0, 0.05) is 24.6 Å². The summed E-state index contributed by atoms with van der Waals surface area (Å²) >= 11 is 0. The Labute approximate surface area is 139 Å². The van der Waals surface area contributed by atoms with Gasteiger partial charge in [-0.3, -0.25) is 0 Å². The molecule has 0 unspecified atom stereocenters. The third-order valence-electron chi connectivity index (χ3n) is 4.00. The number of carbonyl (C=O) groups excluding carboxylic acids is 1. The van der Waals surface area contributed by atoms with Gasteiger partial charge in [0.1, 0.15) is 11.8 Å². The lowest BCUT2D eigenvalue weighted by atomic mass is 10.1. The van der Waals surface area contributed by atoms with Crippen LogP contribution in [0.3, 0.4) is 0 Å². The number of nitrogens with zero attached hydrogens (tertiary/aromatic N) is 3. The summed E-state index contributed by atoms with van der Waals surface area (Å²) in [4.78, 5) is 16.2. The number of esters is 1. The summed E-state index contributed by atoms with van der Waals surface area (Å²) in [6, 6.07) is 6.01. The number of fused-ring (bicyclic) bond motifs is 1. The molecule has 1 aromatic carbocycles. The second-order valence-electron chi connectivity index (χ2n) is 5.47. The van der Waals surface area contributed by atoms with Crippen LogP contribution in [0.5, 0.6) is 0 Å². The summed E-state index contributed by atoms with van der Waals surface area (Å²) < 4.78 is 6.45. The van der Waals surface area contributed by atoms with Crippen LogP contribution in [0.25, 0.3) is 5.52 Å². The number of nitrogens with one attached hydrogen (secondary N) is 2. The molecule has 3 rings (SSSR count). The first-order valence-corrected chi connectivity index (χ1v) is 7.52. The Bertz CT molecular complexity index is 917. The van der Waals surface area contributed by atoms with Crippen LogP contribution in [0, 0.1) is 13.8 Å². The molecule has 0 saturated heterocycles. The van der Waals surface area contributed by atoms with Gasteiger partial charge in [0.25, 0.3) is 0 Å². The molecule has 7 heteroatoms. The Balaban J connectivity index is 2.07. The fourth-order valence-corrected chi connectivity index (χ4v) is 2.67. The van der Waals surface area contributed by atoms with E-state index in [1.165, 1.54) is 13.4 Å². The Kier molecular flexibility index (Phi) is 4.07. The molecule has 0 atom stereocenters. The monoisotopic (exact) mass is 325 g/mol. The van der Waals surface area contributed by atoms with Crippen molar-refractivity contribution in [2.75, 3.05) is 24.8 Å². The highest BCUT2D eigenvalue weighted by Crippen LogP contribution is 2.27. The maximum absolute atomic E-state index is 11.9. The van der Waals surface area contributed by atoms with E-state index in [2.05, 4.69) is 20.7 Å². The highest BCUT2D eigenvalue weighted by molar-refractivity contribution is 5.95. The molecule has 2 heterocycles. The van der Waals surface area contributed by atoms with Crippen LogP contribution in [-0.2, 0) is 4.74 Å². The standard InChI is InChI=1S/C17H19N5O2/c1-10-5-6-12(7-14(10)18-3)21-16-15-11(2)13(17(23)24-4)8-22(15)20-9-19-16/h5-9,18H,1-4H3,(H,19,20,21). The minimum Gasteiger partial charge on any atom is -0.465 e. The molecule has 0 aliphatic heterocycles. The topological polar surface area (TPSA) is 80.5 Å². The average Bonchev–Trinajstić information content (AvgIpc) is 2.94. The first kappa shape index (κ1) is 15.8. The Morgan fingerprint density at radius 2 is 2.08 bits per heavy atom. The number of aromatic nitrogens is 3. The summed E-state index contributed by atoms with van der Waals surface area (Å²) in [6.45, 7) is 3.89. The number of ether oxygens (including phenoxy) is 1. The first-order chi connectivity index (χ1) is 11.5. The van der Waals surface area contributed by atoms with Gasteiger partial charge in [0.2, 0.25) is 0 Å². The number of benzene rings is 1. The number of hydrogen-bond acceptors (Lipinski definition) is 6. The van der Waals surface area contributed by atoms with E-state index in [1.54, 1.807) is 10.7 Å². The summed E-state index contributed by atoms with van der Waals surface area (Å²) in [5.41, 5.74) is 5.07. The van der Waals surface area contributed by atoms with Gasteiger partial charge in [-0.15, -0.1) is 0 Å². The van der Waals surface area contributed by atoms with Crippen molar-refractivity contribution < 1.29 is 9.53 Å². The quantitative estimate of drug-likeness (QED) is 0.718. The van der Waals surface area contributed by atoms with E-state index in [9.17, 15) is 4.79 Å². The molecule has 124 valence electrons. The van der Waals surface area contributed by atoms with Crippen LogP contribution >= 0.6 is 0 Å². The van der Waals surface area contributed by atoms with Gasteiger partial charge in [0.15, 0.2) is 5.82 Å². The van der Waals surface area contributed by atoms with Gasteiger partial charge >= 0.3 is 5.97 Å². The molecule has 0 radical (unpaired) electrons. The van der Waals surface area contributed by atoms with Gasteiger partial charge in [-0.2, -0.15) is 5.10 Å². The van der Waals surface area contributed by atoms with Crippen LogP contribution in [0.1, 0.15) is 21.5 Å². The lowest BCUT2D eigenvalue weighted by Gasteiger charge is -2.11. The lowest BCUT2D eigenvalue weighted by Crippen LogP contribution is -2.01. The zero-order chi connectivity index (χ0) is 17.3. The van der Waals surface area contributed by atoms with E-state index in [4.69, 9.17) is 4.74 Å². The van der Waals surface area contributed by atoms with Crippen molar-refractivity contribution in [3.63, 3.8) is 0 Å². The van der Waals surface area contributed by atoms with Crippen LogP contribution < -0.4 is 10.6 Å². The van der Waals surface area contributed by atoms with E-state index in [-0.39, 0.29) is 0 Å². The number of rotatable bonds is 4. The first-order valence-electron chi connectivity index (χ1n) is 7.52. The highest BCUT2D eigenvalue weighted by Gasteiger charge is 2.18. The average molecular weight is 325 g/mol. The SMILES string of the molecule is CNc1cc(Nc2ncnn3cc(C(=O)OC)c(C)c23)ccc1C. The summed E-state index contributed by atoms with van der Waals surface area (Å²) in [7, 11) is 3.25. The van der Waals surface area contributed by atoms with E-state index in [0.717, 1.165) is 28.0 Å². The van der Waals surface area contributed by atoms with Crippen LogP contribution in [-0.4, -0.2) is 34.7 Å². The van der Waals surface area contributed by atoms with E-state index in [0.29, 0.717) is 11.4 Å². The smallest absolute Gasteiger partial charge is 0.339 e. The third-order valence-corrected chi connectivity index (χ3v) is 4.00. The van der Waals surface area contributed by atoms with Crippen molar-refractivity contribution in [3.8, 4) is 0 Å². The van der Waals surface area contributed by atoms with Crippen LogP contribution in [0.15, 0.2) is 30.7 Å². The fraction of sp³-hybridized carbons (Fsp3) is 0.235. The molecule has 0 fully saturated rings. The molecule has 2 N–H and O–H groups in total. The molecule has 0 bridgehead atoms. The minimum absolute atomic E-state index is 0.392. The van der Waals surface area contributed by atoms with Crippen LogP contribution in [0.4, 0.5) is 17.2 Å². The van der Waals surface area contributed by atoms with Crippen molar-refractivity contribution in [2.24, 2.45) is 0 Å². The number of anilines is 3. The molecule has 0 aliphatic carbocycles. The second kappa shape index (κ2) is 6.19. The normalized spacial score (nSPS) is 10.7. The number of methoxy groups -OCH3 is 1. The number of carbonyl (C=O) groups is 1. The minimum atomic E-state index is -0.392. The number of aryl methyl sites for hydroxylation is 2. The Morgan fingerprint density at radius 1 is 1.29 bits per heavy atom. The van der Waals surface area contributed by atoms with Crippen molar-refractivity contribution >= 4 is 28.7 Å². The van der Waals surface area contributed by atoms with Gasteiger partial charge in [0.05, 0.1) is 12.7 Å². The van der Waals surface area contributed by atoms with Crippen molar-refractivity contribution in [1.82, 2.24) is 14.6 Å².